The van der Waals surface area contributed by atoms with Crippen LogP contribution in [0, 0.1) is 11.8 Å². The summed E-state index contributed by atoms with van der Waals surface area (Å²) in [4.78, 5) is 41.2. The molecule has 43 heavy (non-hydrogen) atoms. The smallest absolute Gasteiger partial charge is 0.255 e. The van der Waals surface area contributed by atoms with Crippen LogP contribution in [-0.2, 0) is 22.6 Å². The number of likely N-dealkylation sites (N-methyl/N-ethyl adjacent to an activating group) is 1. The molecule has 2 aromatic rings. The average Bonchev–Trinajstić information content (AvgIpc) is 2.95. The zero-order valence-electron chi connectivity index (χ0n) is 24.0. The number of ketones is 2. The molecule has 0 heterocycles. The molecule has 12 heteroatoms. The van der Waals surface area contributed by atoms with Crippen LogP contribution in [0.15, 0.2) is 53.0 Å². The highest BCUT2D eigenvalue weighted by Gasteiger charge is 2.63. The van der Waals surface area contributed by atoms with Crippen LogP contribution in [-0.4, -0.2) is 88.9 Å². The van der Waals surface area contributed by atoms with Crippen molar-refractivity contribution in [2.45, 2.75) is 31.0 Å². The van der Waals surface area contributed by atoms with Crippen molar-refractivity contribution in [2.24, 2.45) is 17.6 Å². The molecule has 1 amide bonds. The number of allylic oxidation sites excluding steroid dienone is 1. The summed E-state index contributed by atoms with van der Waals surface area (Å²) >= 11 is 0. The molecule has 0 radical (unpaired) electrons. The Hall–Kier alpha value is -4.26. The molecule has 5 rings (SSSR count). The molecule has 0 aromatic heterocycles. The maximum absolute atomic E-state index is 14.0. The number of phenols is 1. The minimum absolute atomic E-state index is 0.0226. The number of phenolic OH excluding ortho intramolecular Hbond substituents is 1. The number of halogens is 1. The molecule has 2 aromatic carbocycles. The van der Waals surface area contributed by atoms with Gasteiger partial charge in [-0.2, -0.15) is 0 Å². The number of carbonyl (C=O) groups excluding carboxylic acids is 3. The first-order valence-corrected chi connectivity index (χ1v) is 13.8. The first kappa shape index (κ1) is 30.2. The lowest BCUT2D eigenvalue weighted by Crippen LogP contribution is -2.63. The molecule has 3 aliphatic carbocycles. The quantitative estimate of drug-likeness (QED) is 0.195. The molecule has 1 unspecified atom stereocenters. The third-order valence-electron chi connectivity index (χ3n) is 8.76. The lowest BCUT2D eigenvalue weighted by atomic mass is 9.58. The van der Waals surface area contributed by atoms with Gasteiger partial charge in [0.25, 0.3) is 5.91 Å². The number of aliphatic hydroxyl groups excluding tert-OH is 2. The molecular weight excluding hydrogens is 561 g/mol. The van der Waals surface area contributed by atoms with Crippen LogP contribution < -0.4 is 15.8 Å². The largest absolute Gasteiger partial charge is 0.510 e. The third-order valence-corrected chi connectivity index (χ3v) is 8.76. The van der Waals surface area contributed by atoms with E-state index in [1.54, 1.807) is 26.2 Å². The summed E-state index contributed by atoms with van der Waals surface area (Å²) in [6.45, 7) is 0.0445. The standard InChI is InChI=1S/C31H34FN3O8/c1-35(2)25-19-12-15-11-18-16(17-10-14(13-34-9-8-32)4-7-21(17)43-3)5-6-20(36)23(18)26(37)22(15)28(39)31(19,42)29(40)24(27(25)38)30(33)41/h4-7,10,15,19,25,34,36,38-39,42H,8-9,11-13H2,1-3H3,(H2,33,41)/t15-,19-,25?,31-/m1/s1. The number of nitrogens with one attached hydrogen (secondary N) is 1. The monoisotopic (exact) mass is 595 g/mol. The SMILES string of the molecule is COc1ccc(CNCCF)cc1-c1ccc(O)c2c1C[C@@H]1C[C@@H]3C(N(C)C)C(O)=C(C(N)=O)C(=O)[C@]3(O)C(O)=C1C2=O. The van der Waals surface area contributed by atoms with E-state index in [2.05, 4.69) is 5.32 Å². The van der Waals surface area contributed by atoms with Gasteiger partial charge in [0.15, 0.2) is 11.4 Å². The molecule has 0 saturated heterocycles. The maximum Gasteiger partial charge on any atom is 0.255 e. The highest BCUT2D eigenvalue weighted by atomic mass is 19.1. The van der Waals surface area contributed by atoms with E-state index in [4.69, 9.17) is 10.5 Å². The summed E-state index contributed by atoms with van der Waals surface area (Å²) in [6, 6.07) is 7.35. The first-order chi connectivity index (χ1) is 20.4. The highest BCUT2D eigenvalue weighted by molar-refractivity contribution is 6.25. The Morgan fingerprint density at radius 1 is 1.16 bits per heavy atom. The Labute approximate surface area is 247 Å². The van der Waals surface area contributed by atoms with Gasteiger partial charge in [-0.3, -0.25) is 19.3 Å². The molecular formula is C31H34FN3O8. The number of methoxy groups -OCH3 is 1. The zero-order chi connectivity index (χ0) is 31.4. The molecule has 11 nitrogen and oxygen atoms in total. The predicted molar refractivity (Wildman–Crippen MR) is 153 cm³/mol. The number of hydrogen-bond donors (Lipinski definition) is 6. The molecule has 0 spiro atoms. The van der Waals surface area contributed by atoms with Crippen LogP contribution in [0.1, 0.15) is 27.9 Å². The van der Waals surface area contributed by atoms with Crippen molar-refractivity contribution >= 4 is 17.5 Å². The van der Waals surface area contributed by atoms with Gasteiger partial charge in [0.1, 0.15) is 35.3 Å². The van der Waals surface area contributed by atoms with Crippen molar-refractivity contribution in [3.05, 3.63) is 69.7 Å². The lowest BCUT2D eigenvalue weighted by Gasteiger charge is -2.50. The number of nitrogens with two attached hydrogens (primary N) is 1. The van der Waals surface area contributed by atoms with Gasteiger partial charge in [0.2, 0.25) is 5.78 Å². The van der Waals surface area contributed by atoms with Gasteiger partial charge in [0, 0.05) is 30.1 Å². The number of ether oxygens (including phenoxy) is 1. The number of primary amides is 1. The second-order valence-corrected chi connectivity index (χ2v) is 11.3. The van der Waals surface area contributed by atoms with Crippen LogP contribution in [0.4, 0.5) is 4.39 Å². The topological polar surface area (TPSA) is 183 Å². The molecule has 0 bridgehead atoms. The van der Waals surface area contributed by atoms with E-state index < -0.39 is 64.7 Å². The van der Waals surface area contributed by atoms with Crippen molar-refractivity contribution in [1.82, 2.24) is 10.2 Å². The molecule has 4 atom stereocenters. The second-order valence-electron chi connectivity index (χ2n) is 11.3. The minimum Gasteiger partial charge on any atom is -0.510 e. The highest BCUT2D eigenvalue weighted by Crippen LogP contribution is 2.53. The number of Topliss-reactive ketones (excluding diaryl/α,β-unsaturated/α-hetero) is 2. The van der Waals surface area contributed by atoms with Gasteiger partial charge in [-0.1, -0.05) is 12.1 Å². The number of hydrogen-bond acceptors (Lipinski definition) is 10. The van der Waals surface area contributed by atoms with Gasteiger partial charge in [-0.25, -0.2) is 4.39 Å². The van der Waals surface area contributed by atoms with Crippen LogP contribution in [0.2, 0.25) is 0 Å². The van der Waals surface area contributed by atoms with Crippen LogP contribution in [0.25, 0.3) is 11.1 Å². The summed E-state index contributed by atoms with van der Waals surface area (Å²) in [5, 5.41) is 48.1. The van der Waals surface area contributed by atoms with Gasteiger partial charge in [0.05, 0.1) is 18.7 Å². The Kier molecular flexibility index (Phi) is 7.80. The van der Waals surface area contributed by atoms with Crippen molar-refractivity contribution in [1.29, 1.82) is 0 Å². The third kappa shape index (κ3) is 4.57. The minimum atomic E-state index is -2.71. The van der Waals surface area contributed by atoms with E-state index in [0.717, 1.165) is 5.56 Å². The summed E-state index contributed by atoms with van der Waals surface area (Å²) < 4.78 is 18.3. The van der Waals surface area contributed by atoms with E-state index in [1.807, 2.05) is 12.1 Å². The van der Waals surface area contributed by atoms with E-state index >= 15 is 0 Å². The van der Waals surface area contributed by atoms with Crippen LogP contribution in [0.5, 0.6) is 11.5 Å². The number of nitrogens with zero attached hydrogens (tertiary/aromatic N) is 1. The number of fused-ring (bicyclic) bond motifs is 3. The van der Waals surface area contributed by atoms with Crippen molar-refractivity contribution < 1.29 is 43.9 Å². The molecule has 0 saturated carbocycles. The fraction of sp³-hybridized carbons (Fsp3) is 0.387. The average molecular weight is 596 g/mol. The number of aliphatic hydroxyl groups is 3. The zero-order valence-corrected chi connectivity index (χ0v) is 24.0. The number of alkyl halides is 1. The number of carbonyl (C=O) groups is 3. The fourth-order valence-electron chi connectivity index (χ4n) is 6.88. The van der Waals surface area contributed by atoms with Crippen molar-refractivity contribution in [3.63, 3.8) is 0 Å². The Bertz CT molecular complexity index is 1600. The fourth-order valence-corrected chi connectivity index (χ4v) is 6.88. The molecule has 7 N–H and O–H groups in total. The summed E-state index contributed by atoms with van der Waals surface area (Å²) in [5.41, 5.74) is 4.02. The number of aromatic hydroxyl groups is 1. The van der Waals surface area contributed by atoms with Crippen molar-refractivity contribution in [2.75, 3.05) is 34.4 Å². The first-order valence-electron chi connectivity index (χ1n) is 13.8. The number of benzene rings is 2. The molecule has 0 fully saturated rings. The van der Waals surface area contributed by atoms with Gasteiger partial charge < -0.3 is 36.2 Å². The number of rotatable bonds is 8. The lowest BCUT2D eigenvalue weighted by molar-refractivity contribution is -0.148. The molecule has 0 aliphatic heterocycles. The molecule has 3 aliphatic rings. The maximum atomic E-state index is 14.0. The van der Waals surface area contributed by atoms with E-state index in [0.29, 0.717) is 29.0 Å². The predicted octanol–water partition coefficient (Wildman–Crippen LogP) is 1.86. The van der Waals surface area contributed by atoms with E-state index in [1.165, 1.54) is 18.1 Å². The summed E-state index contributed by atoms with van der Waals surface area (Å²) in [5.74, 6) is -6.59. The van der Waals surface area contributed by atoms with Crippen molar-refractivity contribution in [3.8, 4) is 22.6 Å². The Morgan fingerprint density at radius 2 is 1.88 bits per heavy atom. The second kappa shape index (κ2) is 11.1. The normalized spacial score (nSPS) is 25.0. The van der Waals surface area contributed by atoms with Gasteiger partial charge in [-0.05, 0) is 67.7 Å². The van der Waals surface area contributed by atoms with Crippen LogP contribution in [0.3, 0.4) is 0 Å². The molecule has 228 valence electrons. The van der Waals surface area contributed by atoms with E-state index in [-0.39, 0.29) is 36.3 Å². The van der Waals surface area contributed by atoms with Gasteiger partial charge >= 0.3 is 0 Å². The van der Waals surface area contributed by atoms with Gasteiger partial charge in [-0.15, -0.1) is 0 Å². The van der Waals surface area contributed by atoms with Crippen LogP contribution >= 0.6 is 0 Å². The Balaban J connectivity index is 1.68. The summed E-state index contributed by atoms with van der Waals surface area (Å²) in [7, 11) is 4.65. The van der Waals surface area contributed by atoms with E-state index in [9.17, 15) is 39.2 Å². The Morgan fingerprint density at radius 3 is 2.51 bits per heavy atom. The summed E-state index contributed by atoms with van der Waals surface area (Å²) in [6.07, 6.45) is 0.108. The number of amides is 1.